The van der Waals surface area contributed by atoms with Gasteiger partial charge < -0.3 is 10.0 Å². The van der Waals surface area contributed by atoms with Crippen molar-refractivity contribution >= 4 is 16.5 Å². The molecule has 3 rings (SSSR count). The molecule has 0 aliphatic heterocycles. The summed E-state index contributed by atoms with van der Waals surface area (Å²) >= 11 is 1.50. The topological polar surface area (TPSA) is 62.1 Å². The number of likely N-dealkylation sites (N-methyl/N-ethyl adjacent to an activating group) is 1. The second kappa shape index (κ2) is 5.22. The van der Waals surface area contributed by atoms with E-state index in [0.717, 1.165) is 28.7 Å². The average Bonchev–Trinajstić information content (AvgIpc) is 3.17. The second-order valence-electron chi connectivity index (χ2n) is 4.89. The van der Waals surface area contributed by atoms with Gasteiger partial charge >= 0.3 is 0 Å². The van der Waals surface area contributed by atoms with Gasteiger partial charge in [0.15, 0.2) is 5.01 Å². The molecule has 0 bridgehead atoms. The van der Waals surface area contributed by atoms with Crippen molar-refractivity contribution in [2.45, 2.75) is 18.9 Å². The van der Waals surface area contributed by atoms with Crippen LogP contribution in [0.4, 0.5) is 5.13 Å². The molecule has 1 aliphatic rings. The molecule has 100 valence electrons. The highest BCUT2D eigenvalue weighted by atomic mass is 32.1. The van der Waals surface area contributed by atoms with E-state index in [9.17, 15) is 5.11 Å². The first-order valence-corrected chi connectivity index (χ1v) is 7.20. The normalized spacial score (nSPS) is 16.3. The van der Waals surface area contributed by atoms with E-state index in [1.807, 2.05) is 30.1 Å². The molecule has 0 spiro atoms. The van der Waals surface area contributed by atoms with Gasteiger partial charge in [-0.15, -0.1) is 10.2 Å². The van der Waals surface area contributed by atoms with Gasteiger partial charge in [-0.25, -0.2) is 0 Å². The molecule has 0 aromatic carbocycles. The van der Waals surface area contributed by atoms with Crippen molar-refractivity contribution in [1.29, 1.82) is 0 Å². The van der Waals surface area contributed by atoms with Gasteiger partial charge in [0.25, 0.3) is 0 Å². The fourth-order valence-corrected chi connectivity index (χ4v) is 2.74. The molecule has 1 fully saturated rings. The highest BCUT2D eigenvalue weighted by Crippen LogP contribution is 2.34. The zero-order chi connectivity index (χ0) is 13.2. The van der Waals surface area contributed by atoms with Crippen LogP contribution in [0.3, 0.4) is 0 Å². The summed E-state index contributed by atoms with van der Waals surface area (Å²) in [6.07, 6.45) is 3.78. The minimum absolute atomic E-state index is 0.257. The molecule has 2 aromatic rings. The molecule has 19 heavy (non-hydrogen) atoms. The molecule has 0 amide bonds. The van der Waals surface area contributed by atoms with E-state index in [4.69, 9.17) is 0 Å². The molecule has 5 nitrogen and oxygen atoms in total. The summed E-state index contributed by atoms with van der Waals surface area (Å²) in [4.78, 5) is 6.23. The molecule has 6 heteroatoms. The quantitative estimate of drug-likeness (QED) is 0.902. The Morgan fingerprint density at radius 1 is 1.42 bits per heavy atom. The van der Waals surface area contributed by atoms with Crippen molar-refractivity contribution in [2.75, 3.05) is 18.5 Å². The van der Waals surface area contributed by atoms with Crippen LogP contribution in [0, 0.1) is 5.92 Å². The number of pyridine rings is 1. The van der Waals surface area contributed by atoms with Crippen molar-refractivity contribution in [3.63, 3.8) is 0 Å². The summed E-state index contributed by atoms with van der Waals surface area (Å²) in [6, 6.07) is 5.73. The lowest BCUT2D eigenvalue weighted by Crippen LogP contribution is -2.30. The van der Waals surface area contributed by atoms with E-state index in [0.29, 0.717) is 12.5 Å². The fourth-order valence-electron chi connectivity index (χ4n) is 1.95. The van der Waals surface area contributed by atoms with E-state index < -0.39 is 0 Å². The van der Waals surface area contributed by atoms with Crippen LogP contribution in [0.1, 0.15) is 12.8 Å². The number of nitrogens with zero attached hydrogens (tertiary/aromatic N) is 4. The second-order valence-corrected chi connectivity index (χ2v) is 5.85. The molecular formula is C13H16N4OS. The number of hydrogen-bond acceptors (Lipinski definition) is 6. The summed E-state index contributed by atoms with van der Waals surface area (Å²) in [5.41, 5.74) is 0.836. The SMILES string of the molecule is CN(CC(O)C1CC1)c1nnc(-c2ccccn2)s1. The van der Waals surface area contributed by atoms with Crippen molar-refractivity contribution in [3.05, 3.63) is 24.4 Å². The van der Waals surface area contributed by atoms with Crippen molar-refractivity contribution < 1.29 is 5.11 Å². The lowest BCUT2D eigenvalue weighted by molar-refractivity contribution is 0.158. The molecular weight excluding hydrogens is 260 g/mol. The molecule has 2 aromatic heterocycles. The van der Waals surface area contributed by atoms with E-state index in [-0.39, 0.29) is 6.10 Å². The predicted octanol–water partition coefficient (Wildman–Crippen LogP) is 1.81. The number of hydrogen-bond donors (Lipinski definition) is 1. The van der Waals surface area contributed by atoms with Crippen molar-refractivity contribution in [1.82, 2.24) is 15.2 Å². The molecule has 0 saturated heterocycles. The monoisotopic (exact) mass is 276 g/mol. The van der Waals surface area contributed by atoms with Crippen LogP contribution in [-0.4, -0.2) is 40.0 Å². The molecule has 1 N–H and O–H groups in total. The first-order chi connectivity index (χ1) is 9.24. The Bertz CT molecular complexity index is 541. The standard InChI is InChI=1S/C13H16N4OS/c1-17(8-11(18)9-5-6-9)13-16-15-12(19-13)10-4-2-3-7-14-10/h2-4,7,9,11,18H,5-6,8H2,1H3. The minimum Gasteiger partial charge on any atom is -0.391 e. The van der Waals surface area contributed by atoms with Gasteiger partial charge in [-0.1, -0.05) is 17.4 Å². The van der Waals surface area contributed by atoms with Gasteiger partial charge in [0.1, 0.15) is 5.69 Å². The third kappa shape index (κ3) is 2.90. The first-order valence-electron chi connectivity index (χ1n) is 6.38. The summed E-state index contributed by atoms with van der Waals surface area (Å²) in [6.45, 7) is 0.613. The van der Waals surface area contributed by atoms with Crippen LogP contribution in [0.15, 0.2) is 24.4 Å². The summed E-state index contributed by atoms with van der Waals surface area (Å²) in [7, 11) is 1.94. The highest BCUT2D eigenvalue weighted by Gasteiger charge is 2.30. The van der Waals surface area contributed by atoms with Gasteiger partial charge in [0.2, 0.25) is 5.13 Å². The third-order valence-corrected chi connectivity index (χ3v) is 4.31. The fraction of sp³-hybridized carbons (Fsp3) is 0.462. The predicted molar refractivity (Wildman–Crippen MR) is 75.1 cm³/mol. The number of aromatic nitrogens is 3. The average molecular weight is 276 g/mol. The number of anilines is 1. The Labute approximate surface area is 115 Å². The summed E-state index contributed by atoms with van der Waals surface area (Å²) in [5, 5.41) is 19.9. The minimum atomic E-state index is -0.257. The first kappa shape index (κ1) is 12.5. The van der Waals surface area contributed by atoms with E-state index in [1.54, 1.807) is 6.20 Å². The molecule has 1 unspecified atom stereocenters. The van der Waals surface area contributed by atoms with E-state index >= 15 is 0 Å². The van der Waals surface area contributed by atoms with Gasteiger partial charge in [0, 0.05) is 19.8 Å². The Kier molecular flexibility index (Phi) is 3.44. The summed E-state index contributed by atoms with van der Waals surface area (Å²) < 4.78 is 0. The number of aliphatic hydroxyl groups is 1. The zero-order valence-corrected chi connectivity index (χ0v) is 11.5. The largest absolute Gasteiger partial charge is 0.391 e. The molecule has 2 heterocycles. The maximum absolute atomic E-state index is 9.95. The van der Waals surface area contributed by atoms with Crippen LogP contribution >= 0.6 is 11.3 Å². The Balaban J connectivity index is 1.70. The lowest BCUT2D eigenvalue weighted by Gasteiger charge is -2.18. The number of rotatable bonds is 5. The van der Waals surface area contributed by atoms with E-state index in [2.05, 4.69) is 15.2 Å². The van der Waals surface area contributed by atoms with Gasteiger partial charge in [-0.3, -0.25) is 4.98 Å². The summed E-state index contributed by atoms with van der Waals surface area (Å²) in [5.74, 6) is 0.477. The Morgan fingerprint density at radius 3 is 2.95 bits per heavy atom. The molecule has 1 atom stereocenters. The maximum atomic E-state index is 9.95. The van der Waals surface area contributed by atoms with Crippen molar-refractivity contribution in [2.24, 2.45) is 5.92 Å². The molecule has 1 aliphatic carbocycles. The van der Waals surface area contributed by atoms with Gasteiger partial charge in [-0.05, 0) is 30.9 Å². The van der Waals surface area contributed by atoms with Gasteiger partial charge in [-0.2, -0.15) is 0 Å². The van der Waals surface area contributed by atoms with Crippen LogP contribution < -0.4 is 4.90 Å². The lowest BCUT2D eigenvalue weighted by atomic mass is 10.2. The van der Waals surface area contributed by atoms with Crippen LogP contribution in [0.5, 0.6) is 0 Å². The zero-order valence-electron chi connectivity index (χ0n) is 10.7. The van der Waals surface area contributed by atoms with Crippen LogP contribution in [0.25, 0.3) is 10.7 Å². The molecule has 1 saturated carbocycles. The van der Waals surface area contributed by atoms with Crippen LogP contribution in [-0.2, 0) is 0 Å². The Hall–Kier alpha value is -1.53. The smallest absolute Gasteiger partial charge is 0.208 e. The maximum Gasteiger partial charge on any atom is 0.208 e. The highest BCUT2D eigenvalue weighted by molar-refractivity contribution is 7.18. The number of aliphatic hydroxyl groups excluding tert-OH is 1. The van der Waals surface area contributed by atoms with Crippen molar-refractivity contribution in [3.8, 4) is 10.7 Å². The van der Waals surface area contributed by atoms with Gasteiger partial charge in [0.05, 0.1) is 6.10 Å². The molecule has 0 radical (unpaired) electrons. The van der Waals surface area contributed by atoms with E-state index in [1.165, 1.54) is 11.3 Å². The Morgan fingerprint density at radius 2 is 2.26 bits per heavy atom. The third-order valence-electron chi connectivity index (χ3n) is 3.25. The van der Waals surface area contributed by atoms with Crippen LogP contribution in [0.2, 0.25) is 0 Å².